The van der Waals surface area contributed by atoms with Gasteiger partial charge in [-0.15, -0.1) is 0 Å². The van der Waals surface area contributed by atoms with Crippen molar-refractivity contribution in [2.24, 2.45) is 0 Å². The van der Waals surface area contributed by atoms with Crippen LogP contribution in [0.25, 0.3) is 0 Å². The van der Waals surface area contributed by atoms with E-state index in [1.807, 2.05) is 0 Å². The van der Waals surface area contributed by atoms with Crippen molar-refractivity contribution in [2.45, 2.75) is 0 Å². The lowest BCUT2D eigenvalue weighted by molar-refractivity contribution is 0.102. The van der Waals surface area contributed by atoms with Crippen LogP contribution in [0.4, 0.5) is 20.2 Å². The van der Waals surface area contributed by atoms with E-state index in [1.165, 1.54) is 24.3 Å². The minimum absolute atomic E-state index is 0.150. The average molecular weight is 387 g/mol. The molecule has 0 aliphatic rings. The first-order chi connectivity index (χ1) is 12.9. The van der Waals surface area contributed by atoms with Crippen LogP contribution < -0.4 is 10.6 Å². The van der Waals surface area contributed by atoms with Gasteiger partial charge in [-0.2, -0.15) is 0 Å². The number of rotatable bonds is 4. The van der Waals surface area contributed by atoms with Crippen LogP contribution >= 0.6 is 11.6 Å². The monoisotopic (exact) mass is 386 g/mol. The van der Waals surface area contributed by atoms with Crippen molar-refractivity contribution < 1.29 is 18.4 Å². The maximum atomic E-state index is 13.7. The lowest BCUT2D eigenvalue weighted by Gasteiger charge is -2.09. The van der Waals surface area contributed by atoms with E-state index < -0.39 is 23.4 Å². The number of benzene rings is 3. The highest BCUT2D eigenvalue weighted by Crippen LogP contribution is 2.18. The first-order valence-corrected chi connectivity index (χ1v) is 8.23. The van der Waals surface area contributed by atoms with E-state index in [4.69, 9.17) is 11.6 Å². The molecule has 0 atom stereocenters. The van der Waals surface area contributed by atoms with Crippen LogP contribution in [0.3, 0.4) is 0 Å². The van der Waals surface area contributed by atoms with E-state index >= 15 is 0 Å². The van der Waals surface area contributed by atoms with E-state index in [2.05, 4.69) is 10.6 Å². The molecule has 3 aromatic rings. The number of hydrogen-bond donors (Lipinski definition) is 2. The Kier molecular flexibility index (Phi) is 5.47. The zero-order chi connectivity index (χ0) is 19.4. The van der Waals surface area contributed by atoms with E-state index in [1.54, 1.807) is 24.3 Å². The van der Waals surface area contributed by atoms with Gasteiger partial charge in [-0.1, -0.05) is 23.7 Å². The molecule has 0 aromatic heterocycles. The summed E-state index contributed by atoms with van der Waals surface area (Å²) < 4.78 is 26.6. The Morgan fingerprint density at radius 3 is 2.11 bits per heavy atom. The van der Waals surface area contributed by atoms with Crippen molar-refractivity contribution in [3.05, 3.63) is 94.5 Å². The maximum absolute atomic E-state index is 13.7. The minimum atomic E-state index is -0.891. The van der Waals surface area contributed by atoms with Crippen LogP contribution in [0.15, 0.2) is 66.7 Å². The number of amides is 2. The lowest BCUT2D eigenvalue weighted by atomic mass is 10.1. The summed E-state index contributed by atoms with van der Waals surface area (Å²) in [4.78, 5) is 24.7. The lowest BCUT2D eigenvalue weighted by Crippen LogP contribution is -2.16. The number of nitrogens with one attached hydrogen (secondary N) is 2. The summed E-state index contributed by atoms with van der Waals surface area (Å²) in [6.07, 6.45) is 0. The van der Waals surface area contributed by atoms with Crippen LogP contribution in [-0.2, 0) is 0 Å². The fourth-order valence-corrected chi connectivity index (χ4v) is 2.55. The van der Waals surface area contributed by atoms with Crippen LogP contribution in [0, 0.1) is 11.6 Å². The SMILES string of the molecule is O=C(Nc1cccc(Cl)c1)c1cccc(C(=O)Nc2ccc(F)cc2F)c1. The largest absolute Gasteiger partial charge is 0.322 e. The molecule has 0 aliphatic heterocycles. The molecule has 2 amide bonds. The Labute approximate surface area is 158 Å². The Balaban J connectivity index is 1.76. The van der Waals surface area contributed by atoms with Gasteiger partial charge in [-0.05, 0) is 48.5 Å². The van der Waals surface area contributed by atoms with Crippen molar-refractivity contribution in [1.29, 1.82) is 0 Å². The van der Waals surface area contributed by atoms with Crippen molar-refractivity contribution in [3.63, 3.8) is 0 Å². The molecular weight excluding hydrogens is 374 g/mol. The second-order valence-electron chi connectivity index (χ2n) is 5.62. The zero-order valence-electron chi connectivity index (χ0n) is 13.8. The Bertz CT molecular complexity index is 1020. The second kappa shape index (κ2) is 7.97. The van der Waals surface area contributed by atoms with Crippen LogP contribution in [0.2, 0.25) is 5.02 Å². The minimum Gasteiger partial charge on any atom is -0.322 e. The van der Waals surface area contributed by atoms with Crippen LogP contribution in [-0.4, -0.2) is 11.8 Å². The van der Waals surface area contributed by atoms with E-state index in [0.29, 0.717) is 16.8 Å². The highest BCUT2D eigenvalue weighted by molar-refractivity contribution is 6.31. The maximum Gasteiger partial charge on any atom is 0.255 e. The van der Waals surface area contributed by atoms with Gasteiger partial charge in [0.2, 0.25) is 0 Å². The van der Waals surface area contributed by atoms with Crippen molar-refractivity contribution in [2.75, 3.05) is 10.6 Å². The van der Waals surface area contributed by atoms with Crippen molar-refractivity contribution >= 4 is 34.8 Å². The average Bonchev–Trinajstić information content (AvgIpc) is 2.64. The molecule has 0 aliphatic carbocycles. The Morgan fingerprint density at radius 2 is 1.44 bits per heavy atom. The van der Waals surface area contributed by atoms with E-state index in [9.17, 15) is 18.4 Å². The zero-order valence-corrected chi connectivity index (χ0v) is 14.6. The third kappa shape index (κ3) is 4.68. The molecule has 0 unspecified atom stereocenters. The molecule has 3 rings (SSSR count). The van der Waals surface area contributed by atoms with E-state index in [0.717, 1.165) is 12.1 Å². The quantitative estimate of drug-likeness (QED) is 0.653. The summed E-state index contributed by atoms with van der Waals surface area (Å²) in [7, 11) is 0. The van der Waals surface area contributed by atoms with Gasteiger partial charge >= 0.3 is 0 Å². The smallest absolute Gasteiger partial charge is 0.255 e. The standard InChI is InChI=1S/C20H13ClF2N2O2/c21-14-5-2-6-16(10-14)24-19(26)12-3-1-4-13(9-12)20(27)25-18-8-7-15(22)11-17(18)23/h1-11H,(H,24,26)(H,25,27). The third-order valence-corrected chi connectivity index (χ3v) is 3.88. The molecule has 0 fully saturated rings. The summed E-state index contributed by atoms with van der Waals surface area (Å²) in [5, 5.41) is 5.50. The number of anilines is 2. The molecule has 3 aromatic carbocycles. The van der Waals surface area contributed by atoms with Gasteiger partial charge < -0.3 is 10.6 Å². The van der Waals surface area contributed by atoms with E-state index in [-0.39, 0.29) is 16.8 Å². The molecular formula is C20H13ClF2N2O2. The Hall–Kier alpha value is -3.25. The van der Waals surface area contributed by atoms with Crippen molar-refractivity contribution in [1.82, 2.24) is 0 Å². The number of halogens is 3. The Morgan fingerprint density at radius 1 is 0.778 bits per heavy atom. The molecule has 0 saturated carbocycles. The van der Waals surface area contributed by atoms with Gasteiger partial charge in [0, 0.05) is 27.9 Å². The molecule has 0 saturated heterocycles. The first-order valence-electron chi connectivity index (χ1n) is 7.86. The third-order valence-electron chi connectivity index (χ3n) is 3.65. The van der Waals surface area contributed by atoms with Gasteiger partial charge in [-0.25, -0.2) is 8.78 Å². The molecule has 4 nitrogen and oxygen atoms in total. The van der Waals surface area contributed by atoms with Gasteiger partial charge in [0.1, 0.15) is 11.6 Å². The molecule has 7 heteroatoms. The molecule has 0 radical (unpaired) electrons. The van der Waals surface area contributed by atoms with Gasteiger partial charge in [0.25, 0.3) is 11.8 Å². The molecule has 0 heterocycles. The van der Waals surface area contributed by atoms with Crippen LogP contribution in [0.5, 0.6) is 0 Å². The summed E-state index contributed by atoms with van der Waals surface area (Å²) in [5.41, 5.74) is 0.741. The normalized spacial score (nSPS) is 10.3. The first kappa shape index (κ1) is 18.5. The number of carbonyl (C=O) groups is 2. The summed E-state index contributed by atoms with van der Waals surface area (Å²) in [5.74, 6) is -2.69. The number of carbonyl (C=O) groups excluding carboxylic acids is 2. The second-order valence-corrected chi connectivity index (χ2v) is 6.06. The highest BCUT2D eigenvalue weighted by atomic mass is 35.5. The van der Waals surface area contributed by atoms with Gasteiger partial charge in [0.15, 0.2) is 0 Å². The van der Waals surface area contributed by atoms with Crippen LogP contribution in [0.1, 0.15) is 20.7 Å². The van der Waals surface area contributed by atoms with Gasteiger partial charge in [-0.3, -0.25) is 9.59 Å². The predicted octanol–water partition coefficient (Wildman–Crippen LogP) is 5.12. The van der Waals surface area contributed by atoms with Gasteiger partial charge in [0.05, 0.1) is 5.69 Å². The fraction of sp³-hybridized carbons (Fsp3) is 0. The molecule has 27 heavy (non-hydrogen) atoms. The summed E-state index contributed by atoms with van der Waals surface area (Å²) in [6.45, 7) is 0. The molecule has 2 N–H and O–H groups in total. The topological polar surface area (TPSA) is 58.2 Å². The summed E-state index contributed by atoms with van der Waals surface area (Å²) >= 11 is 5.88. The van der Waals surface area contributed by atoms with Crippen molar-refractivity contribution in [3.8, 4) is 0 Å². The molecule has 0 bridgehead atoms. The highest BCUT2D eigenvalue weighted by Gasteiger charge is 2.13. The molecule has 136 valence electrons. The number of hydrogen-bond acceptors (Lipinski definition) is 2. The molecule has 0 spiro atoms. The predicted molar refractivity (Wildman–Crippen MR) is 100 cm³/mol. The fourth-order valence-electron chi connectivity index (χ4n) is 2.36. The summed E-state index contributed by atoms with van der Waals surface area (Å²) in [6, 6.07) is 15.4.